The Morgan fingerprint density at radius 1 is 1.46 bits per heavy atom. The van der Waals surface area contributed by atoms with Gasteiger partial charge in [0.15, 0.2) is 0 Å². The molecular formula is C10H13N3. The lowest BCUT2D eigenvalue weighted by Gasteiger charge is -2.20. The van der Waals surface area contributed by atoms with Crippen LogP contribution in [-0.4, -0.2) is 15.5 Å². The van der Waals surface area contributed by atoms with Gasteiger partial charge in [-0.2, -0.15) is 0 Å². The van der Waals surface area contributed by atoms with Crippen molar-refractivity contribution >= 4 is 5.95 Å². The van der Waals surface area contributed by atoms with Crippen LogP contribution in [0.1, 0.15) is 26.5 Å². The first-order valence-electron chi connectivity index (χ1n) is 4.09. The van der Waals surface area contributed by atoms with Gasteiger partial charge in [-0.05, 0) is 26.8 Å². The van der Waals surface area contributed by atoms with Crippen LogP contribution in [0, 0.1) is 12.3 Å². The minimum atomic E-state index is -0.0484. The number of rotatable bonds is 1. The monoisotopic (exact) mass is 175 g/mol. The Morgan fingerprint density at radius 2 is 2.15 bits per heavy atom. The minimum Gasteiger partial charge on any atom is -0.350 e. The molecule has 0 aliphatic carbocycles. The number of terminal acetylenes is 1. The summed E-state index contributed by atoms with van der Waals surface area (Å²) in [7, 11) is 0. The third kappa shape index (κ3) is 3.12. The Labute approximate surface area is 78.6 Å². The lowest BCUT2D eigenvalue weighted by Crippen LogP contribution is -2.27. The molecule has 1 N–H and O–H groups in total. The second kappa shape index (κ2) is 3.44. The molecule has 0 amide bonds. The van der Waals surface area contributed by atoms with Crippen molar-refractivity contribution in [1.82, 2.24) is 9.97 Å². The minimum absolute atomic E-state index is 0.0484. The Balaban J connectivity index is 2.86. The molecule has 0 unspecified atom stereocenters. The van der Waals surface area contributed by atoms with Crippen molar-refractivity contribution in [1.29, 1.82) is 0 Å². The van der Waals surface area contributed by atoms with Crippen LogP contribution in [0.15, 0.2) is 12.3 Å². The molecule has 0 aromatic carbocycles. The largest absolute Gasteiger partial charge is 0.350 e. The summed E-state index contributed by atoms with van der Waals surface area (Å²) in [6, 6.07) is 1.70. The van der Waals surface area contributed by atoms with E-state index >= 15 is 0 Å². The molecule has 1 aromatic heterocycles. The number of hydrogen-bond donors (Lipinski definition) is 1. The van der Waals surface area contributed by atoms with Gasteiger partial charge in [-0.3, -0.25) is 0 Å². The Hall–Kier alpha value is -1.56. The molecule has 0 radical (unpaired) electrons. The molecular weight excluding hydrogens is 162 g/mol. The molecule has 1 aromatic rings. The first-order valence-corrected chi connectivity index (χ1v) is 4.09. The van der Waals surface area contributed by atoms with Crippen molar-refractivity contribution in [2.45, 2.75) is 26.3 Å². The third-order valence-corrected chi connectivity index (χ3v) is 1.29. The predicted octanol–water partition coefficient (Wildman–Crippen LogP) is 1.67. The average molecular weight is 175 g/mol. The second-order valence-electron chi connectivity index (χ2n) is 3.78. The predicted molar refractivity (Wildman–Crippen MR) is 53.3 cm³/mol. The quantitative estimate of drug-likeness (QED) is 0.660. The summed E-state index contributed by atoms with van der Waals surface area (Å²) in [5.41, 5.74) is 0.550. The number of anilines is 1. The topological polar surface area (TPSA) is 37.8 Å². The molecule has 3 heteroatoms. The van der Waals surface area contributed by atoms with Gasteiger partial charge in [0.2, 0.25) is 5.95 Å². The van der Waals surface area contributed by atoms with E-state index in [1.54, 1.807) is 12.3 Å². The molecule has 0 atom stereocenters. The van der Waals surface area contributed by atoms with Gasteiger partial charge in [-0.15, -0.1) is 6.42 Å². The van der Waals surface area contributed by atoms with E-state index in [9.17, 15) is 0 Å². The highest BCUT2D eigenvalue weighted by Crippen LogP contribution is 2.08. The van der Waals surface area contributed by atoms with E-state index in [-0.39, 0.29) is 5.54 Å². The van der Waals surface area contributed by atoms with Gasteiger partial charge in [-0.1, -0.05) is 5.92 Å². The van der Waals surface area contributed by atoms with Crippen LogP contribution in [0.2, 0.25) is 0 Å². The van der Waals surface area contributed by atoms with Crippen LogP contribution in [0.3, 0.4) is 0 Å². The molecule has 1 rings (SSSR count). The maximum atomic E-state index is 5.21. The maximum absolute atomic E-state index is 5.21. The van der Waals surface area contributed by atoms with E-state index in [4.69, 9.17) is 6.42 Å². The van der Waals surface area contributed by atoms with Gasteiger partial charge in [-0.25, -0.2) is 9.97 Å². The number of hydrogen-bond acceptors (Lipinski definition) is 3. The maximum Gasteiger partial charge on any atom is 0.224 e. The van der Waals surface area contributed by atoms with Gasteiger partial charge >= 0.3 is 0 Å². The lowest BCUT2D eigenvalue weighted by molar-refractivity contribution is 0.625. The van der Waals surface area contributed by atoms with E-state index in [0.717, 1.165) is 0 Å². The molecule has 0 bridgehead atoms. The summed E-state index contributed by atoms with van der Waals surface area (Å²) >= 11 is 0. The number of nitrogens with zero attached hydrogens (tertiary/aromatic N) is 2. The summed E-state index contributed by atoms with van der Waals surface area (Å²) in [5, 5.41) is 3.14. The zero-order valence-corrected chi connectivity index (χ0v) is 8.13. The van der Waals surface area contributed by atoms with Crippen LogP contribution < -0.4 is 5.32 Å². The normalized spacial score (nSPS) is 10.6. The van der Waals surface area contributed by atoms with Crippen molar-refractivity contribution in [3.63, 3.8) is 0 Å². The Kier molecular flexibility index (Phi) is 2.52. The molecule has 3 nitrogen and oxygen atoms in total. The van der Waals surface area contributed by atoms with Crippen LogP contribution >= 0.6 is 0 Å². The zero-order chi connectivity index (χ0) is 9.90. The van der Waals surface area contributed by atoms with Crippen LogP contribution in [0.25, 0.3) is 0 Å². The molecule has 0 saturated heterocycles. The Morgan fingerprint density at radius 3 is 2.69 bits per heavy atom. The van der Waals surface area contributed by atoms with E-state index in [1.165, 1.54) is 0 Å². The smallest absolute Gasteiger partial charge is 0.224 e. The zero-order valence-electron chi connectivity index (χ0n) is 8.13. The second-order valence-corrected chi connectivity index (χ2v) is 3.78. The lowest BCUT2D eigenvalue weighted by atomic mass is 10.1. The third-order valence-electron chi connectivity index (χ3n) is 1.29. The standard InChI is InChI=1S/C10H13N3/c1-5-8-6-7-11-9(12-8)13-10(2,3)4/h1,6-7H,2-4H3,(H,11,12,13). The fourth-order valence-corrected chi connectivity index (χ4v) is 0.835. The van der Waals surface area contributed by atoms with Gasteiger partial charge < -0.3 is 5.32 Å². The van der Waals surface area contributed by atoms with Gasteiger partial charge in [0.25, 0.3) is 0 Å². The molecule has 0 spiro atoms. The first-order chi connectivity index (χ1) is 6.01. The molecule has 13 heavy (non-hydrogen) atoms. The van der Waals surface area contributed by atoms with Crippen LogP contribution in [0.4, 0.5) is 5.95 Å². The van der Waals surface area contributed by atoms with Crippen molar-refractivity contribution < 1.29 is 0 Å². The first kappa shape index (κ1) is 9.53. The van der Waals surface area contributed by atoms with E-state index < -0.39 is 0 Å². The fourth-order valence-electron chi connectivity index (χ4n) is 0.835. The van der Waals surface area contributed by atoms with Crippen LogP contribution in [-0.2, 0) is 0 Å². The van der Waals surface area contributed by atoms with Crippen molar-refractivity contribution in [2.75, 3.05) is 5.32 Å². The SMILES string of the molecule is C#Cc1ccnc(NC(C)(C)C)n1. The summed E-state index contributed by atoms with van der Waals surface area (Å²) in [4.78, 5) is 8.17. The number of nitrogens with one attached hydrogen (secondary N) is 1. The number of aromatic nitrogens is 2. The highest BCUT2D eigenvalue weighted by atomic mass is 15.1. The average Bonchev–Trinajstić information content (AvgIpc) is 2.01. The van der Waals surface area contributed by atoms with Gasteiger partial charge in [0, 0.05) is 11.7 Å². The Bertz CT molecular complexity index is 331. The van der Waals surface area contributed by atoms with Gasteiger partial charge in [0.1, 0.15) is 5.69 Å². The molecule has 0 saturated carbocycles. The van der Waals surface area contributed by atoms with E-state index in [0.29, 0.717) is 11.6 Å². The molecule has 68 valence electrons. The van der Waals surface area contributed by atoms with Crippen molar-refractivity contribution in [2.24, 2.45) is 0 Å². The molecule has 0 aliphatic rings. The highest BCUT2D eigenvalue weighted by Gasteiger charge is 2.10. The summed E-state index contributed by atoms with van der Waals surface area (Å²) in [6.07, 6.45) is 6.86. The molecule has 0 fully saturated rings. The fraction of sp³-hybridized carbons (Fsp3) is 0.400. The summed E-state index contributed by atoms with van der Waals surface area (Å²) in [5.74, 6) is 3.03. The molecule has 0 aliphatic heterocycles. The van der Waals surface area contributed by atoms with Crippen molar-refractivity contribution in [3.05, 3.63) is 18.0 Å². The summed E-state index contributed by atoms with van der Waals surface area (Å²) in [6.45, 7) is 6.12. The van der Waals surface area contributed by atoms with Crippen LogP contribution in [0.5, 0.6) is 0 Å². The van der Waals surface area contributed by atoms with E-state index in [1.807, 2.05) is 20.8 Å². The summed E-state index contributed by atoms with van der Waals surface area (Å²) < 4.78 is 0. The molecule has 1 heterocycles. The van der Waals surface area contributed by atoms with E-state index in [2.05, 4.69) is 21.2 Å². The van der Waals surface area contributed by atoms with Gasteiger partial charge in [0.05, 0.1) is 0 Å². The van der Waals surface area contributed by atoms with Crippen molar-refractivity contribution in [3.8, 4) is 12.3 Å². The highest BCUT2D eigenvalue weighted by molar-refractivity contribution is 5.33.